The highest BCUT2D eigenvalue weighted by atomic mass is 32.2. The number of anilines is 2. The lowest BCUT2D eigenvalue weighted by Crippen LogP contribution is -2.28. The van der Waals surface area contributed by atoms with Gasteiger partial charge in [-0.15, -0.1) is 13.2 Å². The number of rotatable bonds is 11. The normalized spacial score (nSPS) is 12.1. The van der Waals surface area contributed by atoms with Gasteiger partial charge < -0.3 is 16.4 Å². The second kappa shape index (κ2) is 16.1. The number of ketones is 1. The first kappa shape index (κ1) is 37.5. The van der Waals surface area contributed by atoms with Crippen molar-refractivity contribution in [3.63, 3.8) is 0 Å². The first-order chi connectivity index (χ1) is 25.5. The molecule has 14 heteroatoms. The van der Waals surface area contributed by atoms with Crippen LogP contribution in [0, 0.1) is 17.1 Å². The number of hydrogen-bond donors (Lipinski definition) is 3. The second-order valence-electron chi connectivity index (χ2n) is 11.8. The van der Waals surface area contributed by atoms with Crippen LogP contribution in [-0.4, -0.2) is 39.0 Å². The number of nitrogens with one attached hydrogen (secondary N) is 2. The zero-order valence-electron chi connectivity index (χ0n) is 28.8. The molecule has 1 unspecified atom stereocenters. The minimum Gasteiger partial charge on any atom is -0.383 e. The van der Waals surface area contributed by atoms with E-state index >= 15 is 0 Å². The number of hydrogen-bond acceptors (Lipinski definition) is 10. The fraction of sp³-hybridized carbons (Fsp3) is 0.128. The molecule has 0 saturated carbocycles. The summed E-state index contributed by atoms with van der Waals surface area (Å²) in [6, 6.07) is 23.0. The van der Waals surface area contributed by atoms with Crippen LogP contribution in [0.5, 0.6) is 0 Å². The van der Waals surface area contributed by atoms with Crippen LogP contribution in [-0.2, 0) is 14.8 Å². The van der Waals surface area contributed by atoms with Crippen molar-refractivity contribution in [1.82, 2.24) is 24.2 Å². The molecule has 0 spiro atoms. The predicted molar refractivity (Wildman–Crippen MR) is 201 cm³/mol. The van der Waals surface area contributed by atoms with Crippen molar-refractivity contribution in [3.8, 4) is 17.2 Å². The molecule has 1 amide bonds. The van der Waals surface area contributed by atoms with Crippen molar-refractivity contribution in [2.45, 2.75) is 37.2 Å². The summed E-state index contributed by atoms with van der Waals surface area (Å²) in [5, 5.41) is 16.0. The Balaban J connectivity index is 0.00000266. The molecule has 0 bridgehead atoms. The van der Waals surface area contributed by atoms with Gasteiger partial charge in [0.2, 0.25) is 0 Å². The number of fused-ring (bicyclic) bond motifs is 1. The monoisotopic (exact) mass is 730 g/mol. The van der Waals surface area contributed by atoms with Crippen molar-refractivity contribution in [2.24, 2.45) is 0 Å². The second-order valence-corrected chi connectivity index (χ2v) is 13.6. The highest BCUT2D eigenvalue weighted by Gasteiger charge is 2.25. The van der Waals surface area contributed by atoms with Gasteiger partial charge in [0.1, 0.15) is 35.6 Å². The maximum absolute atomic E-state index is 13.6. The number of pyridine rings is 1. The van der Waals surface area contributed by atoms with Crippen LogP contribution >= 0.6 is 0 Å². The Bertz CT molecular complexity index is 2430. The maximum Gasteiger partial charge on any atom is 0.269 e. The third kappa shape index (κ3) is 8.11. The number of nitrogens with two attached hydrogens (primary N) is 1. The standard InChI is InChI=1S/C37H31FN8O4S.C2H4/c1-22(47)16-32(45-35-30(17-24(18-39)19-41-35)37(48)44-23(2)25-12-14-28(38)15-13-25)27-10-8-26(9-11-27)31-20-46(36-33(31)34(40)42-21-43-36)51(49,50)29-6-4-3-5-7-29;1-2/h3-15,17,19-21,23,32H,16H2,1-2H3,(H,41,45)(H,44,48)(H2,40,42,43);1-2H2/t23-,32?;/m0./s1. The van der Waals surface area contributed by atoms with E-state index in [0.29, 0.717) is 27.6 Å². The van der Waals surface area contributed by atoms with E-state index in [1.807, 2.05) is 6.07 Å². The Morgan fingerprint density at radius 2 is 1.64 bits per heavy atom. The SMILES string of the molecule is C=C.CC(=O)CC(Nc1ncc(C#N)cc1C(=O)N[C@@H](C)c1ccc(F)cc1)c1ccc(-c2cn(S(=O)(=O)c3ccccc3)c3ncnc(N)c23)cc1. The van der Waals surface area contributed by atoms with Gasteiger partial charge in [-0.25, -0.2) is 31.7 Å². The van der Waals surface area contributed by atoms with Gasteiger partial charge in [-0.1, -0.05) is 54.6 Å². The van der Waals surface area contributed by atoms with E-state index in [1.54, 1.807) is 61.5 Å². The number of carbonyl (C=O) groups excluding carboxylic acids is 2. The number of nitrogen functional groups attached to an aromatic ring is 1. The van der Waals surface area contributed by atoms with Gasteiger partial charge in [0.25, 0.3) is 15.9 Å². The number of benzene rings is 3. The van der Waals surface area contributed by atoms with Crippen LogP contribution < -0.4 is 16.4 Å². The highest BCUT2D eigenvalue weighted by molar-refractivity contribution is 7.90. The lowest BCUT2D eigenvalue weighted by Gasteiger charge is -2.22. The van der Waals surface area contributed by atoms with E-state index in [0.717, 1.165) is 3.97 Å². The van der Waals surface area contributed by atoms with Crippen molar-refractivity contribution in [2.75, 3.05) is 11.1 Å². The fourth-order valence-corrected chi connectivity index (χ4v) is 7.03. The van der Waals surface area contributed by atoms with Crippen LogP contribution in [0.15, 0.2) is 122 Å². The first-order valence-electron chi connectivity index (χ1n) is 16.2. The van der Waals surface area contributed by atoms with Gasteiger partial charge in [-0.2, -0.15) is 5.26 Å². The molecule has 0 aliphatic rings. The van der Waals surface area contributed by atoms with Gasteiger partial charge in [0.05, 0.1) is 33.5 Å². The third-order valence-corrected chi connectivity index (χ3v) is 9.95. The van der Waals surface area contributed by atoms with E-state index in [1.165, 1.54) is 56.0 Å². The maximum atomic E-state index is 13.6. The largest absolute Gasteiger partial charge is 0.383 e. The molecule has 2 atom stereocenters. The first-order valence-corrected chi connectivity index (χ1v) is 17.6. The molecule has 0 aliphatic heterocycles. The van der Waals surface area contributed by atoms with Crippen molar-refractivity contribution in [1.29, 1.82) is 5.26 Å². The molecule has 0 fully saturated rings. The number of nitriles is 1. The van der Waals surface area contributed by atoms with Crippen LogP contribution in [0.2, 0.25) is 0 Å². The van der Waals surface area contributed by atoms with E-state index in [9.17, 15) is 27.7 Å². The number of amides is 1. The lowest BCUT2D eigenvalue weighted by molar-refractivity contribution is -0.117. The van der Waals surface area contributed by atoms with E-state index < -0.39 is 33.8 Å². The smallest absolute Gasteiger partial charge is 0.269 e. The number of carbonyl (C=O) groups is 2. The topological polar surface area (TPSA) is 186 Å². The average Bonchev–Trinajstić information content (AvgIpc) is 3.58. The Labute approximate surface area is 305 Å². The van der Waals surface area contributed by atoms with Gasteiger partial charge >= 0.3 is 0 Å². The summed E-state index contributed by atoms with van der Waals surface area (Å²) in [5.41, 5.74) is 9.04. The Morgan fingerprint density at radius 1 is 0.981 bits per heavy atom. The van der Waals surface area contributed by atoms with E-state index in [2.05, 4.69) is 38.7 Å². The van der Waals surface area contributed by atoms with Crippen molar-refractivity contribution in [3.05, 3.63) is 145 Å². The average molecular weight is 731 g/mol. The minimum atomic E-state index is -4.03. The van der Waals surface area contributed by atoms with Crippen LogP contribution in [0.3, 0.4) is 0 Å². The zero-order valence-corrected chi connectivity index (χ0v) is 29.6. The lowest BCUT2D eigenvalue weighted by atomic mass is 9.97. The molecule has 53 heavy (non-hydrogen) atoms. The van der Waals surface area contributed by atoms with Gasteiger partial charge in [-0.05, 0) is 60.9 Å². The third-order valence-electron chi connectivity index (χ3n) is 8.29. The quantitative estimate of drug-likeness (QED) is 0.120. The molecule has 12 nitrogen and oxygen atoms in total. The number of halogens is 1. The Hall–Kier alpha value is -6.72. The van der Waals surface area contributed by atoms with Gasteiger partial charge in [-0.3, -0.25) is 9.59 Å². The van der Waals surface area contributed by atoms with Crippen molar-refractivity contribution >= 4 is 44.4 Å². The van der Waals surface area contributed by atoms with E-state index in [4.69, 9.17) is 5.73 Å². The summed E-state index contributed by atoms with van der Waals surface area (Å²) >= 11 is 0. The fourth-order valence-electron chi connectivity index (χ4n) is 5.69. The van der Waals surface area contributed by atoms with Crippen molar-refractivity contribution < 1.29 is 22.4 Å². The Morgan fingerprint density at radius 3 is 2.28 bits per heavy atom. The van der Waals surface area contributed by atoms with E-state index in [-0.39, 0.29) is 45.5 Å². The molecule has 0 aliphatic carbocycles. The molecule has 0 radical (unpaired) electrons. The van der Waals surface area contributed by atoms with Crippen LogP contribution in [0.25, 0.3) is 22.2 Å². The van der Waals surface area contributed by atoms with Gasteiger partial charge in [0, 0.05) is 24.4 Å². The minimum absolute atomic E-state index is 0.0312. The molecule has 0 saturated heterocycles. The molecule has 6 rings (SSSR count). The molecule has 268 valence electrons. The number of Topliss-reactive ketones (excluding diaryl/α,β-unsaturated/α-hetero) is 1. The molecular weight excluding hydrogens is 696 g/mol. The molecular formula is C39H35FN8O4S. The summed E-state index contributed by atoms with van der Waals surface area (Å²) in [5.74, 6) is -0.825. The molecule has 4 N–H and O–H groups in total. The van der Waals surface area contributed by atoms with Crippen LogP contribution in [0.1, 0.15) is 59.4 Å². The van der Waals surface area contributed by atoms with Crippen LogP contribution in [0.4, 0.5) is 16.0 Å². The summed E-state index contributed by atoms with van der Waals surface area (Å²) < 4.78 is 41.8. The summed E-state index contributed by atoms with van der Waals surface area (Å²) in [6.45, 7) is 9.19. The highest BCUT2D eigenvalue weighted by Crippen LogP contribution is 2.36. The molecule has 3 aromatic carbocycles. The predicted octanol–water partition coefficient (Wildman–Crippen LogP) is 6.75. The molecule has 3 heterocycles. The Kier molecular flexibility index (Phi) is 11.4. The number of aromatic nitrogens is 4. The summed E-state index contributed by atoms with van der Waals surface area (Å²) in [7, 11) is -4.03. The molecule has 3 aromatic heterocycles. The van der Waals surface area contributed by atoms with Gasteiger partial charge in [0.15, 0.2) is 5.65 Å². The summed E-state index contributed by atoms with van der Waals surface area (Å²) in [4.78, 5) is 38.7. The number of nitrogens with zero attached hydrogens (tertiary/aromatic N) is 5. The summed E-state index contributed by atoms with van der Waals surface area (Å²) in [6.07, 6.45) is 4.01. The molecule has 6 aromatic rings. The zero-order chi connectivity index (χ0) is 38.3.